The number of nitrogens with zero attached hydrogens (tertiary/aromatic N) is 1. The number of amides is 1. The Morgan fingerprint density at radius 3 is 2.53 bits per heavy atom. The summed E-state index contributed by atoms with van der Waals surface area (Å²) in [6, 6.07) is 7.52. The van der Waals surface area contributed by atoms with E-state index in [1.807, 2.05) is 43.3 Å². The van der Waals surface area contributed by atoms with Crippen molar-refractivity contribution in [2.24, 2.45) is 5.73 Å². The molecule has 0 saturated carbocycles. The molecule has 1 aromatic carbocycles. The fraction of sp³-hybridized carbons (Fsp3) is 0.500. The van der Waals surface area contributed by atoms with E-state index in [0.717, 1.165) is 12.1 Å². The highest BCUT2D eigenvalue weighted by Crippen LogP contribution is 2.11. The number of benzene rings is 1. The van der Waals surface area contributed by atoms with Gasteiger partial charge in [-0.05, 0) is 30.7 Å². The van der Waals surface area contributed by atoms with Crippen LogP contribution in [0.3, 0.4) is 0 Å². The van der Waals surface area contributed by atoms with Crippen LogP contribution in [0.2, 0.25) is 0 Å². The number of carbonyl (C=O) groups is 1. The van der Waals surface area contributed by atoms with Crippen molar-refractivity contribution >= 4 is 11.6 Å². The molecule has 1 rings (SSSR count). The summed E-state index contributed by atoms with van der Waals surface area (Å²) in [6.45, 7) is 2.33. The van der Waals surface area contributed by atoms with E-state index in [2.05, 4.69) is 5.32 Å². The topological polar surface area (TPSA) is 67.6 Å². The second-order valence-electron chi connectivity index (χ2n) is 4.45. The van der Waals surface area contributed by atoms with E-state index in [-0.39, 0.29) is 5.91 Å². The molecule has 3 N–H and O–H groups in total. The maximum Gasteiger partial charge on any atom is 0.251 e. The zero-order valence-electron chi connectivity index (χ0n) is 11.7. The molecule has 1 aromatic rings. The van der Waals surface area contributed by atoms with E-state index in [0.29, 0.717) is 31.9 Å². The number of carbonyl (C=O) groups excluding carboxylic acids is 1. The summed E-state index contributed by atoms with van der Waals surface area (Å²) in [5, 5.41) is 2.86. The van der Waals surface area contributed by atoms with Crippen LogP contribution in [0.5, 0.6) is 0 Å². The Kier molecular flexibility index (Phi) is 6.92. The normalized spacial score (nSPS) is 10.3. The van der Waals surface area contributed by atoms with Gasteiger partial charge in [-0.2, -0.15) is 0 Å². The van der Waals surface area contributed by atoms with Crippen molar-refractivity contribution < 1.29 is 9.53 Å². The second-order valence-corrected chi connectivity index (χ2v) is 4.45. The van der Waals surface area contributed by atoms with Crippen LogP contribution in [0.15, 0.2) is 24.3 Å². The zero-order chi connectivity index (χ0) is 14.1. The lowest BCUT2D eigenvalue weighted by Gasteiger charge is -2.12. The van der Waals surface area contributed by atoms with Gasteiger partial charge >= 0.3 is 0 Å². The highest BCUT2D eigenvalue weighted by molar-refractivity contribution is 5.94. The molecule has 0 bridgehead atoms. The van der Waals surface area contributed by atoms with Crippen molar-refractivity contribution in [3.8, 4) is 0 Å². The summed E-state index contributed by atoms with van der Waals surface area (Å²) in [6.07, 6.45) is 0.793. The lowest BCUT2D eigenvalue weighted by atomic mass is 10.2. The minimum atomic E-state index is -0.0517. The lowest BCUT2D eigenvalue weighted by molar-refractivity contribution is 0.0943. The van der Waals surface area contributed by atoms with Crippen molar-refractivity contribution in [3.05, 3.63) is 29.8 Å². The van der Waals surface area contributed by atoms with Gasteiger partial charge in [-0.1, -0.05) is 0 Å². The third-order valence-electron chi connectivity index (χ3n) is 2.66. The molecule has 0 radical (unpaired) electrons. The van der Waals surface area contributed by atoms with Crippen molar-refractivity contribution in [1.29, 1.82) is 0 Å². The first-order valence-corrected chi connectivity index (χ1v) is 6.48. The number of rotatable bonds is 8. The Labute approximate surface area is 114 Å². The number of anilines is 1. The maximum absolute atomic E-state index is 11.8. The average Bonchev–Trinajstić information content (AvgIpc) is 2.42. The molecular weight excluding hydrogens is 242 g/mol. The third-order valence-corrected chi connectivity index (χ3v) is 2.66. The molecular formula is C14H23N3O2. The molecule has 0 heterocycles. The molecule has 0 unspecified atom stereocenters. The molecule has 0 aliphatic carbocycles. The van der Waals surface area contributed by atoms with Crippen LogP contribution >= 0.6 is 0 Å². The van der Waals surface area contributed by atoms with E-state index in [1.54, 1.807) is 0 Å². The Morgan fingerprint density at radius 2 is 1.95 bits per heavy atom. The van der Waals surface area contributed by atoms with Gasteiger partial charge in [0.15, 0.2) is 0 Å². The van der Waals surface area contributed by atoms with Crippen LogP contribution in [0.4, 0.5) is 5.69 Å². The van der Waals surface area contributed by atoms with Gasteiger partial charge in [0.05, 0.1) is 6.61 Å². The highest BCUT2D eigenvalue weighted by atomic mass is 16.5. The van der Waals surface area contributed by atoms with Gasteiger partial charge in [0, 0.05) is 45.0 Å². The van der Waals surface area contributed by atoms with Gasteiger partial charge in [-0.25, -0.2) is 0 Å². The van der Waals surface area contributed by atoms with Crippen LogP contribution in [-0.4, -0.2) is 46.3 Å². The molecule has 5 heteroatoms. The van der Waals surface area contributed by atoms with Crippen molar-refractivity contribution in [2.45, 2.75) is 6.42 Å². The first kappa shape index (κ1) is 15.5. The van der Waals surface area contributed by atoms with E-state index < -0.39 is 0 Å². The first-order valence-electron chi connectivity index (χ1n) is 6.48. The van der Waals surface area contributed by atoms with Gasteiger partial charge < -0.3 is 20.7 Å². The predicted molar refractivity (Wildman–Crippen MR) is 77.6 cm³/mol. The Balaban J connectivity index is 2.29. The largest absolute Gasteiger partial charge is 0.380 e. The maximum atomic E-state index is 11.8. The molecule has 19 heavy (non-hydrogen) atoms. The quantitative estimate of drug-likeness (QED) is 0.684. The molecule has 0 aromatic heterocycles. The summed E-state index contributed by atoms with van der Waals surface area (Å²) in [7, 11) is 3.94. The van der Waals surface area contributed by atoms with Crippen molar-refractivity contribution in [3.63, 3.8) is 0 Å². The van der Waals surface area contributed by atoms with E-state index >= 15 is 0 Å². The number of hydrogen-bond donors (Lipinski definition) is 2. The van der Waals surface area contributed by atoms with E-state index in [9.17, 15) is 4.79 Å². The molecule has 0 aliphatic rings. The molecule has 5 nitrogen and oxygen atoms in total. The molecule has 0 aliphatic heterocycles. The fourth-order valence-corrected chi connectivity index (χ4v) is 1.57. The summed E-state index contributed by atoms with van der Waals surface area (Å²) >= 11 is 0. The molecule has 1 amide bonds. The van der Waals surface area contributed by atoms with Gasteiger partial charge in [0.2, 0.25) is 0 Å². The van der Waals surface area contributed by atoms with Gasteiger partial charge in [-0.3, -0.25) is 4.79 Å². The van der Waals surface area contributed by atoms with Crippen LogP contribution in [0, 0.1) is 0 Å². The van der Waals surface area contributed by atoms with Crippen molar-refractivity contribution in [2.75, 3.05) is 45.3 Å². The van der Waals surface area contributed by atoms with Gasteiger partial charge in [0.25, 0.3) is 5.91 Å². The number of hydrogen-bond acceptors (Lipinski definition) is 4. The average molecular weight is 265 g/mol. The summed E-state index contributed by atoms with van der Waals surface area (Å²) in [5.74, 6) is -0.0517. The van der Waals surface area contributed by atoms with Crippen LogP contribution in [0.1, 0.15) is 16.8 Å². The minimum absolute atomic E-state index is 0.0517. The monoisotopic (exact) mass is 265 g/mol. The molecule has 0 saturated heterocycles. The Morgan fingerprint density at radius 1 is 1.26 bits per heavy atom. The van der Waals surface area contributed by atoms with E-state index in [4.69, 9.17) is 10.5 Å². The first-order chi connectivity index (χ1) is 9.15. The number of ether oxygens (including phenoxy) is 1. The van der Waals surface area contributed by atoms with Crippen LogP contribution in [0.25, 0.3) is 0 Å². The molecule has 0 fully saturated rings. The SMILES string of the molecule is CN(C)c1ccc(C(=O)NCCCOCCN)cc1. The smallest absolute Gasteiger partial charge is 0.251 e. The molecule has 0 atom stereocenters. The highest BCUT2D eigenvalue weighted by Gasteiger charge is 2.04. The Hall–Kier alpha value is -1.59. The second kappa shape index (κ2) is 8.50. The lowest BCUT2D eigenvalue weighted by Crippen LogP contribution is -2.25. The summed E-state index contributed by atoms with van der Waals surface area (Å²) in [4.78, 5) is 13.8. The molecule has 106 valence electrons. The van der Waals surface area contributed by atoms with Crippen LogP contribution < -0.4 is 16.0 Å². The number of nitrogens with two attached hydrogens (primary N) is 1. The summed E-state index contributed by atoms with van der Waals surface area (Å²) in [5.41, 5.74) is 7.05. The fourth-order valence-electron chi connectivity index (χ4n) is 1.57. The standard InChI is InChI=1S/C14H23N3O2/c1-17(2)13-6-4-12(5-7-13)14(18)16-9-3-10-19-11-8-15/h4-7H,3,8-11,15H2,1-2H3,(H,16,18). The number of nitrogens with one attached hydrogen (secondary N) is 1. The molecule has 0 spiro atoms. The predicted octanol–water partition coefficient (Wildman–Crippen LogP) is 0.848. The van der Waals surface area contributed by atoms with Crippen molar-refractivity contribution in [1.82, 2.24) is 5.32 Å². The van der Waals surface area contributed by atoms with Gasteiger partial charge in [-0.15, -0.1) is 0 Å². The zero-order valence-corrected chi connectivity index (χ0v) is 11.7. The van der Waals surface area contributed by atoms with Gasteiger partial charge in [0.1, 0.15) is 0 Å². The summed E-state index contributed by atoms with van der Waals surface area (Å²) < 4.78 is 5.23. The van der Waals surface area contributed by atoms with E-state index in [1.165, 1.54) is 0 Å². The van der Waals surface area contributed by atoms with Crippen LogP contribution in [-0.2, 0) is 4.74 Å². The Bertz CT molecular complexity index is 377. The minimum Gasteiger partial charge on any atom is -0.380 e. The third kappa shape index (κ3) is 5.72.